The molecule has 4 heterocycles. The summed E-state index contributed by atoms with van der Waals surface area (Å²) in [5.74, 6) is 1.52. The highest BCUT2D eigenvalue weighted by Crippen LogP contribution is 2.36. The van der Waals surface area contributed by atoms with Crippen molar-refractivity contribution in [3.8, 4) is 16.9 Å². The van der Waals surface area contributed by atoms with E-state index in [9.17, 15) is 8.42 Å². The smallest absolute Gasteiger partial charge is 0.238 e. The van der Waals surface area contributed by atoms with Crippen molar-refractivity contribution in [2.24, 2.45) is 5.14 Å². The number of aromatic amines is 1. The number of anilines is 1. The number of nitrogens with zero attached hydrogens (tertiary/aromatic N) is 4. The Kier molecular flexibility index (Phi) is 4.77. The third-order valence-electron chi connectivity index (χ3n) is 5.53. The van der Waals surface area contributed by atoms with Crippen molar-refractivity contribution >= 4 is 26.9 Å². The number of rotatable bonds is 4. The van der Waals surface area contributed by atoms with E-state index in [0.717, 1.165) is 22.6 Å². The van der Waals surface area contributed by atoms with Crippen LogP contribution < -0.4 is 10.0 Å². The lowest BCUT2D eigenvalue weighted by Crippen LogP contribution is -2.44. The molecule has 31 heavy (non-hydrogen) atoms. The number of aromatic nitrogens is 4. The van der Waals surface area contributed by atoms with E-state index in [1.807, 2.05) is 29.0 Å². The monoisotopic (exact) mass is 438 g/mol. The topological polar surface area (TPSA) is 119 Å². The van der Waals surface area contributed by atoms with Gasteiger partial charge < -0.3 is 9.64 Å². The van der Waals surface area contributed by atoms with Crippen molar-refractivity contribution in [2.45, 2.75) is 17.9 Å². The number of ether oxygens (including phenoxy) is 1. The molecule has 10 heteroatoms. The second-order valence-corrected chi connectivity index (χ2v) is 9.08. The van der Waals surface area contributed by atoms with Crippen molar-refractivity contribution < 1.29 is 13.2 Å². The van der Waals surface area contributed by atoms with E-state index >= 15 is 0 Å². The maximum atomic E-state index is 12.3. The molecule has 9 nitrogen and oxygen atoms in total. The molecule has 5 rings (SSSR count). The van der Waals surface area contributed by atoms with Crippen LogP contribution in [0, 0.1) is 0 Å². The first-order valence-electron chi connectivity index (χ1n) is 9.92. The van der Waals surface area contributed by atoms with E-state index in [2.05, 4.69) is 22.0 Å². The number of fused-ring (bicyclic) bond motifs is 1. The van der Waals surface area contributed by atoms with Crippen LogP contribution in [0.25, 0.3) is 28.0 Å². The molecule has 0 bridgehead atoms. The Morgan fingerprint density at radius 3 is 2.77 bits per heavy atom. The van der Waals surface area contributed by atoms with Crippen molar-refractivity contribution in [2.75, 3.05) is 24.7 Å². The normalized spacial score (nSPS) is 17.4. The number of H-pyrrole nitrogens is 1. The molecule has 0 saturated carbocycles. The number of hydrogen-bond donors (Lipinski definition) is 2. The summed E-state index contributed by atoms with van der Waals surface area (Å²) >= 11 is 0. The molecule has 1 fully saturated rings. The van der Waals surface area contributed by atoms with Gasteiger partial charge in [-0.2, -0.15) is 5.10 Å². The maximum Gasteiger partial charge on any atom is 0.238 e. The minimum atomic E-state index is -3.91. The molecular formula is C21H22N6O3S. The molecular weight excluding hydrogens is 416 g/mol. The Labute approximate surface area is 179 Å². The summed E-state index contributed by atoms with van der Waals surface area (Å²) in [5.41, 5.74) is 1.99. The van der Waals surface area contributed by atoms with Crippen LogP contribution in [-0.4, -0.2) is 54.0 Å². The fourth-order valence-corrected chi connectivity index (χ4v) is 4.80. The lowest BCUT2D eigenvalue weighted by molar-refractivity contribution is 0.0986. The number of primary sulfonamides is 1. The summed E-state index contributed by atoms with van der Waals surface area (Å²) in [6.07, 6.45) is 3.56. The van der Waals surface area contributed by atoms with Gasteiger partial charge in [0.15, 0.2) is 0 Å². The first-order chi connectivity index (χ1) is 14.9. The Hall–Kier alpha value is -3.21. The zero-order valence-electron chi connectivity index (χ0n) is 16.9. The van der Waals surface area contributed by atoms with Crippen LogP contribution in [0.15, 0.2) is 59.8 Å². The zero-order valence-corrected chi connectivity index (χ0v) is 17.7. The fourth-order valence-electron chi connectivity index (χ4n) is 4.05. The number of morpholine rings is 1. The van der Waals surface area contributed by atoms with Gasteiger partial charge in [0.05, 0.1) is 30.3 Å². The number of benzene rings is 1. The predicted octanol–water partition coefficient (Wildman–Crippen LogP) is 2.29. The van der Waals surface area contributed by atoms with Crippen molar-refractivity contribution in [1.29, 1.82) is 0 Å². The van der Waals surface area contributed by atoms with Gasteiger partial charge in [-0.3, -0.25) is 9.67 Å². The highest BCUT2D eigenvalue weighted by atomic mass is 32.2. The molecule has 4 aromatic rings. The minimum Gasteiger partial charge on any atom is -0.377 e. The first kappa shape index (κ1) is 19.7. The largest absolute Gasteiger partial charge is 0.377 e. The molecule has 0 amide bonds. The van der Waals surface area contributed by atoms with Gasteiger partial charge in [-0.15, -0.1) is 0 Å². The van der Waals surface area contributed by atoms with Gasteiger partial charge in [-0.25, -0.2) is 18.5 Å². The lowest BCUT2D eigenvalue weighted by atomic mass is 10.0. The summed E-state index contributed by atoms with van der Waals surface area (Å²) in [4.78, 5) is 7.21. The van der Waals surface area contributed by atoms with E-state index in [4.69, 9.17) is 14.9 Å². The van der Waals surface area contributed by atoms with Gasteiger partial charge in [0.25, 0.3) is 0 Å². The first-order valence-corrected chi connectivity index (χ1v) is 11.5. The molecule has 160 valence electrons. The van der Waals surface area contributed by atoms with E-state index < -0.39 is 10.0 Å². The standard InChI is InChI=1S/C21H22N6O3S/c1-14-13-30-11-10-26(14)20-12-17(15-4-2-3-5-18(15)31(22,28)29)16-7-9-27(21(16)24-20)19-6-8-23-25-19/h2-9,12,14H,10-11,13H2,1H3,(H,23,25)(H2,22,28,29)/t14-/m1/s1. The molecule has 3 N–H and O–H groups in total. The molecule has 0 unspecified atom stereocenters. The van der Waals surface area contributed by atoms with Gasteiger partial charge in [-0.1, -0.05) is 18.2 Å². The number of pyridine rings is 1. The third-order valence-corrected chi connectivity index (χ3v) is 6.50. The van der Waals surface area contributed by atoms with Crippen LogP contribution in [0.2, 0.25) is 0 Å². The molecule has 1 aromatic carbocycles. The average molecular weight is 439 g/mol. The SMILES string of the molecule is C[C@@H]1COCCN1c1cc(-c2ccccc2S(N)(=O)=O)c2ccn(-c3ccn[nH]3)c2n1. The summed E-state index contributed by atoms with van der Waals surface area (Å²) in [5, 5.41) is 13.3. The summed E-state index contributed by atoms with van der Waals surface area (Å²) < 4.78 is 32.1. The van der Waals surface area contributed by atoms with Gasteiger partial charge in [-0.05, 0) is 30.7 Å². The Balaban J connectivity index is 1.81. The van der Waals surface area contributed by atoms with Crippen LogP contribution in [-0.2, 0) is 14.8 Å². The minimum absolute atomic E-state index is 0.0813. The Morgan fingerprint density at radius 1 is 1.19 bits per heavy atom. The van der Waals surface area contributed by atoms with Crippen LogP contribution in [0.5, 0.6) is 0 Å². The van der Waals surface area contributed by atoms with Crippen LogP contribution in [0.4, 0.5) is 5.82 Å². The number of nitrogens with two attached hydrogens (primary N) is 1. The number of hydrogen-bond acceptors (Lipinski definition) is 6. The number of nitrogens with one attached hydrogen (secondary N) is 1. The van der Waals surface area contributed by atoms with Crippen molar-refractivity contribution in [3.63, 3.8) is 0 Å². The van der Waals surface area contributed by atoms with E-state index in [1.165, 1.54) is 6.07 Å². The van der Waals surface area contributed by atoms with Gasteiger partial charge in [0.1, 0.15) is 17.3 Å². The van der Waals surface area contributed by atoms with Crippen molar-refractivity contribution in [3.05, 3.63) is 54.9 Å². The predicted molar refractivity (Wildman–Crippen MR) is 118 cm³/mol. The van der Waals surface area contributed by atoms with E-state index in [-0.39, 0.29) is 10.9 Å². The molecule has 0 aliphatic carbocycles. The van der Waals surface area contributed by atoms with Gasteiger partial charge in [0.2, 0.25) is 10.0 Å². The molecule has 0 spiro atoms. The lowest BCUT2D eigenvalue weighted by Gasteiger charge is -2.34. The summed E-state index contributed by atoms with van der Waals surface area (Å²) in [6.45, 7) is 3.98. The van der Waals surface area contributed by atoms with Gasteiger partial charge >= 0.3 is 0 Å². The zero-order chi connectivity index (χ0) is 21.6. The highest BCUT2D eigenvalue weighted by molar-refractivity contribution is 7.89. The summed E-state index contributed by atoms with van der Waals surface area (Å²) in [7, 11) is -3.91. The second-order valence-electron chi connectivity index (χ2n) is 7.55. The molecule has 1 aliphatic heterocycles. The van der Waals surface area contributed by atoms with Crippen molar-refractivity contribution in [1.82, 2.24) is 19.7 Å². The Morgan fingerprint density at radius 2 is 2.03 bits per heavy atom. The average Bonchev–Trinajstić information content (AvgIpc) is 3.42. The molecule has 1 atom stereocenters. The quantitative estimate of drug-likeness (QED) is 0.505. The maximum absolute atomic E-state index is 12.3. The van der Waals surface area contributed by atoms with E-state index in [1.54, 1.807) is 24.4 Å². The molecule has 0 radical (unpaired) electrons. The summed E-state index contributed by atoms with van der Waals surface area (Å²) in [6, 6.07) is 12.6. The number of sulfonamides is 1. The van der Waals surface area contributed by atoms with Crippen LogP contribution in [0.1, 0.15) is 6.92 Å². The van der Waals surface area contributed by atoms with Gasteiger partial charge in [0, 0.05) is 29.8 Å². The molecule has 1 saturated heterocycles. The third kappa shape index (κ3) is 3.48. The highest BCUT2D eigenvalue weighted by Gasteiger charge is 2.24. The fraction of sp³-hybridized carbons (Fsp3) is 0.238. The van der Waals surface area contributed by atoms with E-state index in [0.29, 0.717) is 31.0 Å². The second kappa shape index (κ2) is 7.49. The molecule has 1 aliphatic rings. The van der Waals surface area contributed by atoms with Crippen LogP contribution in [0.3, 0.4) is 0 Å². The molecule has 3 aromatic heterocycles. The van der Waals surface area contributed by atoms with Crippen LogP contribution >= 0.6 is 0 Å². The Bertz CT molecular complexity index is 1350.